The first-order chi connectivity index (χ1) is 8.49. The fourth-order valence-corrected chi connectivity index (χ4v) is 1.53. The Bertz CT molecular complexity index is 419. The van der Waals surface area contributed by atoms with Gasteiger partial charge < -0.3 is 20.9 Å². The van der Waals surface area contributed by atoms with Crippen LogP contribution in [-0.2, 0) is 0 Å². The summed E-state index contributed by atoms with van der Waals surface area (Å²) in [6.07, 6.45) is 0. The van der Waals surface area contributed by atoms with Gasteiger partial charge in [-0.3, -0.25) is 4.79 Å². The summed E-state index contributed by atoms with van der Waals surface area (Å²) in [5, 5.41) is 11.9. The van der Waals surface area contributed by atoms with Crippen LogP contribution in [0.25, 0.3) is 0 Å². The first kappa shape index (κ1) is 14.3. The highest BCUT2D eigenvalue weighted by Crippen LogP contribution is 2.19. The molecule has 1 amide bonds. The Kier molecular flexibility index (Phi) is 4.97. The number of aliphatic hydroxyl groups excluding tert-OH is 1. The van der Waals surface area contributed by atoms with Gasteiger partial charge in [0.25, 0.3) is 5.91 Å². The molecular formula is C13H20N2O3. The number of carbonyl (C=O) groups is 1. The Labute approximate surface area is 107 Å². The lowest BCUT2D eigenvalue weighted by Gasteiger charge is -2.20. The zero-order chi connectivity index (χ0) is 13.7. The smallest absolute Gasteiger partial charge is 0.253 e. The highest BCUT2D eigenvalue weighted by Gasteiger charge is 2.18. The second kappa shape index (κ2) is 6.26. The van der Waals surface area contributed by atoms with Crippen LogP contribution in [0, 0.1) is 5.92 Å². The third kappa shape index (κ3) is 3.37. The van der Waals surface area contributed by atoms with E-state index >= 15 is 0 Å². The Balaban J connectivity index is 2.89. The Morgan fingerprint density at radius 3 is 2.67 bits per heavy atom. The van der Waals surface area contributed by atoms with E-state index < -0.39 is 0 Å². The van der Waals surface area contributed by atoms with Gasteiger partial charge in [-0.2, -0.15) is 0 Å². The third-order valence-corrected chi connectivity index (χ3v) is 2.82. The first-order valence-corrected chi connectivity index (χ1v) is 5.84. The summed E-state index contributed by atoms with van der Waals surface area (Å²) in [7, 11) is 1.53. The topological polar surface area (TPSA) is 84.6 Å². The lowest BCUT2D eigenvalue weighted by molar-refractivity contribution is 0.0897. The van der Waals surface area contributed by atoms with E-state index in [1.807, 2.05) is 13.8 Å². The van der Waals surface area contributed by atoms with Gasteiger partial charge >= 0.3 is 0 Å². The van der Waals surface area contributed by atoms with Crippen LogP contribution in [0.3, 0.4) is 0 Å². The number of hydrogen-bond acceptors (Lipinski definition) is 4. The van der Waals surface area contributed by atoms with Crippen LogP contribution in [0.4, 0.5) is 5.69 Å². The first-order valence-electron chi connectivity index (χ1n) is 5.84. The van der Waals surface area contributed by atoms with Crippen molar-refractivity contribution >= 4 is 11.6 Å². The van der Waals surface area contributed by atoms with Crippen LogP contribution < -0.4 is 15.8 Å². The van der Waals surface area contributed by atoms with Crippen molar-refractivity contribution in [3.8, 4) is 5.75 Å². The van der Waals surface area contributed by atoms with E-state index in [9.17, 15) is 9.90 Å². The van der Waals surface area contributed by atoms with Gasteiger partial charge in [-0.05, 0) is 24.1 Å². The molecular weight excluding hydrogens is 232 g/mol. The number of anilines is 1. The number of nitrogens with two attached hydrogens (primary N) is 1. The number of amides is 1. The molecule has 0 spiro atoms. The molecule has 0 radical (unpaired) electrons. The largest absolute Gasteiger partial charge is 0.497 e. The van der Waals surface area contributed by atoms with Crippen molar-refractivity contribution in [1.29, 1.82) is 0 Å². The standard InChI is InChI=1S/C13H20N2O3/c1-8(2)12(7-16)15-13(17)10-6-9(18-3)4-5-11(10)14/h4-6,8,12,16H,7,14H2,1-3H3,(H,15,17)/t12-/m1/s1. The van der Waals surface area contributed by atoms with E-state index in [2.05, 4.69) is 5.32 Å². The average molecular weight is 252 g/mol. The maximum Gasteiger partial charge on any atom is 0.253 e. The van der Waals surface area contributed by atoms with Crippen molar-refractivity contribution in [3.63, 3.8) is 0 Å². The minimum absolute atomic E-state index is 0.104. The van der Waals surface area contributed by atoms with Crippen molar-refractivity contribution in [1.82, 2.24) is 5.32 Å². The second-order valence-corrected chi connectivity index (χ2v) is 4.46. The van der Waals surface area contributed by atoms with Crippen molar-refractivity contribution < 1.29 is 14.6 Å². The number of carbonyl (C=O) groups excluding carboxylic acids is 1. The molecule has 0 unspecified atom stereocenters. The SMILES string of the molecule is COc1ccc(N)c(C(=O)N[C@H](CO)C(C)C)c1. The molecule has 0 fully saturated rings. The number of ether oxygens (including phenoxy) is 1. The van der Waals surface area contributed by atoms with E-state index in [4.69, 9.17) is 10.5 Å². The summed E-state index contributed by atoms with van der Waals surface area (Å²) in [5.41, 5.74) is 6.50. The molecule has 4 N–H and O–H groups in total. The van der Waals surface area contributed by atoms with Crippen molar-refractivity contribution in [2.24, 2.45) is 5.92 Å². The van der Waals surface area contributed by atoms with Crippen LogP contribution in [0.1, 0.15) is 24.2 Å². The predicted molar refractivity (Wildman–Crippen MR) is 70.6 cm³/mol. The van der Waals surface area contributed by atoms with Gasteiger partial charge in [0.05, 0.1) is 25.3 Å². The van der Waals surface area contributed by atoms with Gasteiger partial charge in [-0.1, -0.05) is 13.8 Å². The molecule has 1 aromatic rings. The number of benzene rings is 1. The number of hydrogen-bond donors (Lipinski definition) is 3. The lowest BCUT2D eigenvalue weighted by Crippen LogP contribution is -2.41. The summed E-state index contributed by atoms with van der Waals surface area (Å²) < 4.78 is 5.05. The van der Waals surface area contributed by atoms with E-state index in [1.54, 1.807) is 18.2 Å². The average Bonchev–Trinajstić information content (AvgIpc) is 2.35. The molecule has 1 aromatic carbocycles. The Morgan fingerprint density at radius 2 is 2.17 bits per heavy atom. The molecule has 0 saturated heterocycles. The highest BCUT2D eigenvalue weighted by atomic mass is 16.5. The van der Waals surface area contributed by atoms with E-state index in [0.29, 0.717) is 17.0 Å². The summed E-state index contributed by atoms with van der Waals surface area (Å²) in [6, 6.07) is 4.61. The maximum atomic E-state index is 12.0. The molecule has 0 aliphatic rings. The molecule has 0 aliphatic carbocycles. The summed E-state index contributed by atoms with van der Waals surface area (Å²) >= 11 is 0. The van der Waals surface area contributed by atoms with Crippen LogP contribution in [0.5, 0.6) is 5.75 Å². The zero-order valence-corrected chi connectivity index (χ0v) is 10.9. The predicted octanol–water partition coefficient (Wildman–Crippen LogP) is 1.02. The maximum absolute atomic E-state index is 12.0. The van der Waals surface area contributed by atoms with E-state index in [0.717, 1.165) is 0 Å². The van der Waals surface area contributed by atoms with Crippen molar-refractivity contribution in [2.75, 3.05) is 19.5 Å². The lowest BCUT2D eigenvalue weighted by atomic mass is 10.0. The summed E-state index contributed by atoms with van der Waals surface area (Å²) in [6.45, 7) is 3.75. The number of nitrogen functional groups attached to an aromatic ring is 1. The number of nitrogens with one attached hydrogen (secondary N) is 1. The van der Waals surface area contributed by atoms with Gasteiger partial charge in [-0.15, -0.1) is 0 Å². The Morgan fingerprint density at radius 1 is 1.50 bits per heavy atom. The molecule has 5 heteroatoms. The molecule has 0 aliphatic heterocycles. The molecule has 0 heterocycles. The molecule has 0 aromatic heterocycles. The second-order valence-electron chi connectivity index (χ2n) is 4.46. The number of aliphatic hydroxyl groups is 1. The van der Waals surface area contributed by atoms with Crippen LogP contribution >= 0.6 is 0 Å². The Hall–Kier alpha value is -1.75. The number of rotatable bonds is 5. The molecule has 1 atom stereocenters. The highest BCUT2D eigenvalue weighted by molar-refractivity contribution is 5.99. The fourth-order valence-electron chi connectivity index (χ4n) is 1.53. The minimum Gasteiger partial charge on any atom is -0.497 e. The quantitative estimate of drug-likeness (QED) is 0.683. The van der Waals surface area contributed by atoms with Crippen LogP contribution in [-0.4, -0.2) is 30.8 Å². The molecule has 0 saturated carbocycles. The molecule has 0 bridgehead atoms. The van der Waals surface area contributed by atoms with Gasteiger partial charge in [0, 0.05) is 5.69 Å². The third-order valence-electron chi connectivity index (χ3n) is 2.82. The van der Waals surface area contributed by atoms with Crippen molar-refractivity contribution in [3.05, 3.63) is 23.8 Å². The fraction of sp³-hybridized carbons (Fsp3) is 0.462. The monoisotopic (exact) mass is 252 g/mol. The van der Waals surface area contributed by atoms with Gasteiger partial charge in [0.15, 0.2) is 0 Å². The minimum atomic E-state index is -0.306. The normalized spacial score (nSPS) is 12.3. The molecule has 100 valence electrons. The van der Waals surface area contributed by atoms with E-state index in [-0.39, 0.29) is 24.5 Å². The van der Waals surface area contributed by atoms with E-state index in [1.165, 1.54) is 7.11 Å². The summed E-state index contributed by atoms with van der Waals surface area (Å²) in [5.74, 6) is 0.407. The zero-order valence-electron chi connectivity index (χ0n) is 10.9. The van der Waals surface area contributed by atoms with Gasteiger partial charge in [0.1, 0.15) is 5.75 Å². The molecule has 18 heavy (non-hydrogen) atoms. The number of methoxy groups -OCH3 is 1. The van der Waals surface area contributed by atoms with Gasteiger partial charge in [-0.25, -0.2) is 0 Å². The molecule has 1 rings (SSSR count). The van der Waals surface area contributed by atoms with Crippen LogP contribution in [0.15, 0.2) is 18.2 Å². The van der Waals surface area contributed by atoms with Crippen molar-refractivity contribution in [2.45, 2.75) is 19.9 Å². The summed E-state index contributed by atoms with van der Waals surface area (Å²) in [4.78, 5) is 12.0. The van der Waals surface area contributed by atoms with Crippen LogP contribution in [0.2, 0.25) is 0 Å². The molecule has 5 nitrogen and oxygen atoms in total. The van der Waals surface area contributed by atoms with Gasteiger partial charge in [0.2, 0.25) is 0 Å².